The van der Waals surface area contributed by atoms with Gasteiger partial charge >= 0.3 is 0 Å². The molecule has 0 aliphatic carbocycles. The molecule has 92 valence electrons. The molecule has 5 heteroatoms. The molecule has 0 saturated carbocycles. The lowest BCUT2D eigenvalue weighted by atomic mass is 10.2. The fraction of sp³-hybridized carbons (Fsp3) is 0.333. The summed E-state index contributed by atoms with van der Waals surface area (Å²) < 4.78 is 0. The molecular weight excluding hydrogens is 240 g/mol. The molecule has 2 N–H and O–H groups in total. The van der Waals surface area contributed by atoms with Gasteiger partial charge in [-0.2, -0.15) is 0 Å². The first kappa shape index (κ1) is 13.5. The second-order valence-corrected chi connectivity index (χ2v) is 3.98. The molecule has 0 fully saturated rings. The van der Waals surface area contributed by atoms with Gasteiger partial charge in [-0.05, 0) is 30.7 Å². The van der Waals surface area contributed by atoms with Crippen molar-refractivity contribution in [3.05, 3.63) is 34.9 Å². The molecule has 0 unspecified atom stereocenters. The Morgan fingerprint density at radius 2 is 1.88 bits per heavy atom. The maximum atomic E-state index is 11.6. The van der Waals surface area contributed by atoms with Crippen molar-refractivity contribution >= 4 is 23.4 Å². The lowest BCUT2D eigenvalue weighted by Crippen LogP contribution is -2.26. The van der Waals surface area contributed by atoms with Crippen LogP contribution in [0.2, 0.25) is 5.02 Å². The first-order valence-corrected chi connectivity index (χ1v) is 5.75. The van der Waals surface area contributed by atoms with E-state index < -0.39 is 0 Å². The molecule has 17 heavy (non-hydrogen) atoms. The van der Waals surface area contributed by atoms with Crippen molar-refractivity contribution in [3.8, 4) is 0 Å². The van der Waals surface area contributed by atoms with Crippen LogP contribution in [0.5, 0.6) is 0 Å². The van der Waals surface area contributed by atoms with Gasteiger partial charge in [0.05, 0.1) is 0 Å². The highest BCUT2D eigenvalue weighted by Gasteiger charge is 2.04. The summed E-state index contributed by atoms with van der Waals surface area (Å²) in [5, 5.41) is 5.86. The SMILES string of the molecule is CNC(=O)CCCNC(=O)c1ccc(Cl)cc1. The van der Waals surface area contributed by atoms with Crippen molar-refractivity contribution < 1.29 is 9.59 Å². The third-order valence-electron chi connectivity index (χ3n) is 2.25. The van der Waals surface area contributed by atoms with Crippen molar-refractivity contribution in [3.63, 3.8) is 0 Å². The Balaban J connectivity index is 2.30. The van der Waals surface area contributed by atoms with E-state index in [0.29, 0.717) is 30.0 Å². The second-order valence-electron chi connectivity index (χ2n) is 3.54. The van der Waals surface area contributed by atoms with Gasteiger partial charge in [0.15, 0.2) is 0 Å². The molecule has 2 amide bonds. The lowest BCUT2D eigenvalue weighted by Gasteiger charge is -2.04. The van der Waals surface area contributed by atoms with E-state index in [9.17, 15) is 9.59 Å². The molecule has 0 aliphatic rings. The van der Waals surface area contributed by atoms with E-state index in [-0.39, 0.29) is 11.8 Å². The zero-order chi connectivity index (χ0) is 12.7. The molecule has 1 rings (SSSR count). The van der Waals surface area contributed by atoms with Crippen LogP contribution < -0.4 is 10.6 Å². The first-order chi connectivity index (χ1) is 8.13. The average molecular weight is 255 g/mol. The van der Waals surface area contributed by atoms with Crippen LogP contribution in [-0.2, 0) is 4.79 Å². The molecule has 0 heterocycles. The lowest BCUT2D eigenvalue weighted by molar-refractivity contribution is -0.120. The zero-order valence-electron chi connectivity index (χ0n) is 9.63. The summed E-state index contributed by atoms with van der Waals surface area (Å²) in [7, 11) is 1.59. The van der Waals surface area contributed by atoms with Gasteiger partial charge in [-0.1, -0.05) is 11.6 Å². The van der Waals surface area contributed by atoms with Crippen LogP contribution in [0.3, 0.4) is 0 Å². The molecule has 0 aromatic heterocycles. The highest BCUT2D eigenvalue weighted by atomic mass is 35.5. The van der Waals surface area contributed by atoms with Gasteiger partial charge in [-0.15, -0.1) is 0 Å². The third kappa shape index (κ3) is 4.87. The maximum absolute atomic E-state index is 11.6. The van der Waals surface area contributed by atoms with Crippen molar-refractivity contribution in [1.29, 1.82) is 0 Å². The number of carbonyl (C=O) groups is 2. The number of rotatable bonds is 5. The van der Waals surface area contributed by atoms with Crippen LogP contribution in [0, 0.1) is 0 Å². The fourth-order valence-corrected chi connectivity index (χ4v) is 1.41. The molecule has 1 aromatic rings. The molecular formula is C12H15ClN2O2. The van der Waals surface area contributed by atoms with Crippen molar-refractivity contribution in [2.45, 2.75) is 12.8 Å². The van der Waals surface area contributed by atoms with E-state index in [2.05, 4.69) is 10.6 Å². The largest absolute Gasteiger partial charge is 0.359 e. The molecule has 0 aliphatic heterocycles. The molecule has 0 radical (unpaired) electrons. The number of hydrogen-bond donors (Lipinski definition) is 2. The monoisotopic (exact) mass is 254 g/mol. The standard InChI is InChI=1S/C12H15ClN2O2/c1-14-11(16)3-2-8-15-12(17)9-4-6-10(13)7-5-9/h4-7H,2-3,8H2,1H3,(H,14,16)(H,15,17). The zero-order valence-corrected chi connectivity index (χ0v) is 10.4. The molecule has 0 atom stereocenters. The van der Waals surface area contributed by atoms with Gasteiger partial charge in [0, 0.05) is 30.6 Å². The van der Waals surface area contributed by atoms with E-state index >= 15 is 0 Å². The predicted octanol–water partition coefficient (Wildman–Crippen LogP) is 1.60. The number of hydrogen-bond acceptors (Lipinski definition) is 2. The summed E-state index contributed by atoms with van der Waals surface area (Å²) in [5.74, 6) is -0.177. The summed E-state index contributed by atoms with van der Waals surface area (Å²) in [6, 6.07) is 6.66. The summed E-state index contributed by atoms with van der Waals surface area (Å²) in [4.78, 5) is 22.5. The van der Waals surface area contributed by atoms with Crippen molar-refractivity contribution in [2.24, 2.45) is 0 Å². The third-order valence-corrected chi connectivity index (χ3v) is 2.50. The van der Waals surface area contributed by atoms with Gasteiger partial charge in [0.25, 0.3) is 5.91 Å². The number of benzene rings is 1. The first-order valence-electron chi connectivity index (χ1n) is 5.38. The molecule has 0 saturated heterocycles. The summed E-state index contributed by atoms with van der Waals surface area (Å²) in [6.45, 7) is 0.481. The van der Waals surface area contributed by atoms with Crippen molar-refractivity contribution in [1.82, 2.24) is 10.6 Å². The highest BCUT2D eigenvalue weighted by Crippen LogP contribution is 2.09. The minimum absolute atomic E-state index is 0.0225. The summed E-state index contributed by atoms with van der Waals surface area (Å²) in [5.41, 5.74) is 0.564. The van der Waals surface area contributed by atoms with E-state index in [4.69, 9.17) is 11.6 Å². The Bertz CT molecular complexity index is 390. The van der Waals surface area contributed by atoms with Gasteiger partial charge < -0.3 is 10.6 Å². The van der Waals surface area contributed by atoms with Crippen LogP contribution >= 0.6 is 11.6 Å². The number of halogens is 1. The Hall–Kier alpha value is -1.55. The topological polar surface area (TPSA) is 58.2 Å². The molecule has 0 bridgehead atoms. The van der Waals surface area contributed by atoms with Crippen LogP contribution in [0.1, 0.15) is 23.2 Å². The maximum Gasteiger partial charge on any atom is 0.251 e. The van der Waals surface area contributed by atoms with Crippen LogP contribution in [0.15, 0.2) is 24.3 Å². The fourth-order valence-electron chi connectivity index (χ4n) is 1.28. The van der Waals surface area contributed by atoms with E-state index in [1.165, 1.54) is 0 Å². The van der Waals surface area contributed by atoms with Gasteiger partial charge in [-0.3, -0.25) is 9.59 Å². The van der Waals surface area contributed by atoms with Gasteiger partial charge in [0.2, 0.25) is 5.91 Å². The minimum Gasteiger partial charge on any atom is -0.359 e. The number of carbonyl (C=O) groups excluding carboxylic acids is 2. The summed E-state index contributed by atoms with van der Waals surface area (Å²) in [6.07, 6.45) is 1.04. The van der Waals surface area contributed by atoms with Crippen LogP contribution in [0.25, 0.3) is 0 Å². The molecule has 0 spiro atoms. The molecule has 4 nitrogen and oxygen atoms in total. The normalized spacial score (nSPS) is 9.76. The van der Waals surface area contributed by atoms with Gasteiger partial charge in [-0.25, -0.2) is 0 Å². The minimum atomic E-state index is -0.154. The van der Waals surface area contributed by atoms with Crippen LogP contribution in [0.4, 0.5) is 0 Å². The van der Waals surface area contributed by atoms with E-state index in [0.717, 1.165) is 0 Å². The number of amides is 2. The van der Waals surface area contributed by atoms with E-state index in [1.807, 2.05) is 0 Å². The average Bonchev–Trinajstić information content (AvgIpc) is 2.34. The smallest absolute Gasteiger partial charge is 0.251 e. The second kappa shape index (κ2) is 6.91. The Kier molecular flexibility index (Phi) is 5.49. The quantitative estimate of drug-likeness (QED) is 0.784. The van der Waals surface area contributed by atoms with E-state index in [1.54, 1.807) is 31.3 Å². The number of nitrogens with one attached hydrogen (secondary N) is 2. The summed E-state index contributed by atoms with van der Waals surface area (Å²) >= 11 is 5.72. The highest BCUT2D eigenvalue weighted by molar-refractivity contribution is 6.30. The Morgan fingerprint density at radius 1 is 1.24 bits per heavy atom. The van der Waals surface area contributed by atoms with Crippen LogP contribution in [-0.4, -0.2) is 25.4 Å². The van der Waals surface area contributed by atoms with Gasteiger partial charge in [0.1, 0.15) is 0 Å². The Labute approximate surface area is 105 Å². The Morgan fingerprint density at radius 3 is 2.47 bits per heavy atom. The molecule has 1 aromatic carbocycles. The van der Waals surface area contributed by atoms with Crippen molar-refractivity contribution in [2.75, 3.05) is 13.6 Å². The predicted molar refractivity (Wildman–Crippen MR) is 67.1 cm³/mol.